The lowest BCUT2D eigenvalue weighted by Crippen LogP contribution is -2.22. The van der Waals surface area contributed by atoms with Crippen molar-refractivity contribution in [2.45, 2.75) is 64.7 Å². The van der Waals surface area contributed by atoms with Crippen LogP contribution in [0, 0.1) is 0 Å². The van der Waals surface area contributed by atoms with Gasteiger partial charge >= 0.3 is 0 Å². The summed E-state index contributed by atoms with van der Waals surface area (Å²) in [4.78, 5) is 11.4. The predicted molar refractivity (Wildman–Crippen MR) is 85.8 cm³/mol. The fourth-order valence-corrected chi connectivity index (χ4v) is 2.48. The molecular formula is C15H29NO4S. The van der Waals surface area contributed by atoms with Crippen LogP contribution in [0.3, 0.4) is 0 Å². The van der Waals surface area contributed by atoms with Gasteiger partial charge in [-0.05, 0) is 31.8 Å². The van der Waals surface area contributed by atoms with Gasteiger partial charge in [0.1, 0.15) is 0 Å². The van der Waals surface area contributed by atoms with Crippen molar-refractivity contribution in [3.63, 3.8) is 0 Å². The highest BCUT2D eigenvalue weighted by atomic mass is 32.2. The van der Waals surface area contributed by atoms with E-state index in [0.717, 1.165) is 12.8 Å². The summed E-state index contributed by atoms with van der Waals surface area (Å²) in [6.45, 7) is 2.62. The van der Waals surface area contributed by atoms with E-state index in [1.165, 1.54) is 38.2 Å². The summed E-state index contributed by atoms with van der Waals surface area (Å²) in [7, 11) is -3.88. The van der Waals surface area contributed by atoms with Gasteiger partial charge in [0.2, 0.25) is 5.91 Å². The van der Waals surface area contributed by atoms with Crippen molar-refractivity contribution in [1.82, 2.24) is 5.32 Å². The second kappa shape index (κ2) is 12.8. The van der Waals surface area contributed by atoms with Gasteiger partial charge < -0.3 is 5.32 Å². The number of carbonyl (C=O) groups is 1. The van der Waals surface area contributed by atoms with E-state index in [-0.39, 0.29) is 11.7 Å². The largest absolute Gasteiger partial charge is 0.353 e. The molecular weight excluding hydrogens is 290 g/mol. The minimum absolute atomic E-state index is 0.146. The number of amides is 1. The Bertz CT molecular complexity index is 390. The summed E-state index contributed by atoms with van der Waals surface area (Å²) in [5.41, 5.74) is 0. The molecule has 1 amide bonds. The summed E-state index contributed by atoms with van der Waals surface area (Å²) >= 11 is 0. The molecule has 0 rings (SSSR count). The highest BCUT2D eigenvalue weighted by Crippen LogP contribution is 2.07. The lowest BCUT2D eigenvalue weighted by atomic mass is 10.1. The Morgan fingerprint density at radius 2 is 1.71 bits per heavy atom. The minimum Gasteiger partial charge on any atom is -0.353 e. The van der Waals surface area contributed by atoms with E-state index in [0.29, 0.717) is 19.4 Å². The summed E-state index contributed by atoms with van der Waals surface area (Å²) < 4.78 is 29.5. The normalized spacial score (nSPS) is 11.9. The maximum Gasteiger partial charge on any atom is 0.264 e. The Labute approximate surface area is 128 Å². The molecule has 6 heteroatoms. The Hall–Kier alpha value is -0.880. The fraction of sp³-hybridized carbons (Fsp3) is 0.800. The Balaban J connectivity index is 3.42. The lowest BCUT2D eigenvalue weighted by molar-refractivity contribution is -0.116. The van der Waals surface area contributed by atoms with Gasteiger partial charge in [0.25, 0.3) is 10.1 Å². The Morgan fingerprint density at radius 3 is 2.38 bits per heavy atom. The molecule has 0 aliphatic carbocycles. The molecule has 124 valence electrons. The van der Waals surface area contributed by atoms with Gasteiger partial charge in [0, 0.05) is 6.54 Å². The molecule has 0 radical (unpaired) electrons. The zero-order chi connectivity index (χ0) is 16.0. The lowest BCUT2D eigenvalue weighted by Gasteiger charge is -2.01. The average Bonchev–Trinajstić information content (AvgIpc) is 2.40. The van der Waals surface area contributed by atoms with Gasteiger partial charge in [-0.3, -0.25) is 9.35 Å². The number of allylic oxidation sites excluding steroid dienone is 1. The van der Waals surface area contributed by atoms with Crippen LogP contribution in [0.15, 0.2) is 12.2 Å². The van der Waals surface area contributed by atoms with Crippen LogP contribution < -0.4 is 5.32 Å². The van der Waals surface area contributed by atoms with E-state index in [2.05, 4.69) is 12.2 Å². The van der Waals surface area contributed by atoms with Crippen LogP contribution in [0.4, 0.5) is 0 Å². The third kappa shape index (κ3) is 17.1. The minimum atomic E-state index is -3.88. The van der Waals surface area contributed by atoms with Crippen molar-refractivity contribution >= 4 is 16.0 Å². The van der Waals surface area contributed by atoms with Crippen LogP contribution in [0.2, 0.25) is 0 Å². The van der Waals surface area contributed by atoms with Crippen LogP contribution >= 0.6 is 0 Å². The third-order valence-corrected chi connectivity index (χ3v) is 3.93. The molecule has 0 atom stereocenters. The second-order valence-electron chi connectivity index (χ2n) is 5.24. The van der Waals surface area contributed by atoms with Crippen LogP contribution in [-0.2, 0) is 14.9 Å². The van der Waals surface area contributed by atoms with E-state index in [4.69, 9.17) is 4.55 Å². The molecule has 5 nitrogen and oxygen atoms in total. The van der Waals surface area contributed by atoms with Gasteiger partial charge in [0.15, 0.2) is 0 Å². The number of rotatable bonds is 13. The predicted octanol–water partition coefficient (Wildman–Crippen LogP) is 3.08. The number of carbonyl (C=O) groups excluding carboxylic acids is 1. The zero-order valence-corrected chi connectivity index (χ0v) is 13.8. The summed E-state index contributed by atoms with van der Waals surface area (Å²) in [5, 5.41) is 2.69. The average molecular weight is 319 g/mol. The first-order valence-corrected chi connectivity index (χ1v) is 9.46. The van der Waals surface area contributed by atoms with Crippen LogP contribution in [0.1, 0.15) is 64.7 Å². The molecule has 0 aliphatic rings. The van der Waals surface area contributed by atoms with Crippen LogP contribution in [0.25, 0.3) is 0 Å². The van der Waals surface area contributed by atoms with Crippen LogP contribution in [-0.4, -0.2) is 31.2 Å². The van der Waals surface area contributed by atoms with E-state index in [9.17, 15) is 13.2 Å². The highest BCUT2D eigenvalue weighted by Gasteiger charge is 2.03. The summed E-state index contributed by atoms with van der Waals surface area (Å²) in [6.07, 6.45) is 12.7. The maximum absolute atomic E-state index is 11.4. The first-order chi connectivity index (χ1) is 9.95. The standard InChI is InChI=1S/C15H29NO4S/c1-2-3-4-5-6-7-8-9-12-15(17)16-13-10-11-14-21(18,19)20/h9,12H,2-8,10-11,13-14H2,1H3,(H,16,17)(H,18,19,20)/b12-9+. The van der Waals surface area contributed by atoms with Gasteiger partial charge in [-0.15, -0.1) is 0 Å². The summed E-state index contributed by atoms with van der Waals surface area (Å²) in [6, 6.07) is 0. The highest BCUT2D eigenvalue weighted by molar-refractivity contribution is 7.85. The van der Waals surface area contributed by atoms with Crippen LogP contribution in [0.5, 0.6) is 0 Å². The molecule has 21 heavy (non-hydrogen) atoms. The van der Waals surface area contributed by atoms with Gasteiger partial charge in [-0.2, -0.15) is 8.42 Å². The zero-order valence-electron chi connectivity index (χ0n) is 13.0. The number of unbranched alkanes of at least 4 members (excludes halogenated alkanes) is 7. The summed E-state index contributed by atoms with van der Waals surface area (Å²) in [5.74, 6) is -0.399. The fourth-order valence-electron chi connectivity index (χ4n) is 1.91. The van der Waals surface area contributed by atoms with Crippen molar-refractivity contribution in [1.29, 1.82) is 0 Å². The van der Waals surface area contributed by atoms with E-state index in [1.807, 2.05) is 6.08 Å². The smallest absolute Gasteiger partial charge is 0.264 e. The van der Waals surface area contributed by atoms with E-state index < -0.39 is 10.1 Å². The number of hydrogen-bond donors (Lipinski definition) is 2. The molecule has 0 aromatic heterocycles. The number of nitrogens with one attached hydrogen (secondary N) is 1. The first-order valence-electron chi connectivity index (χ1n) is 7.85. The van der Waals surface area contributed by atoms with Crippen molar-refractivity contribution in [2.75, 3.05) is 12.3 Å². The monoisotopic (exact) mass is 319 g/mol. The van der Waals surface area contributed by atoms with Crippen molar-refractivity contribution < 1.29 is 17.8 Å². The topological polar surface area (TPSA) is 83.5 Å². The second-order valence-corrected chi connectivity index (χ2v) is 6.82. The Morgan fingerprint density at radius 1 is 1.05 bits per heavy atom. The molecule has 0 aromatic carbocycles. The van der Waals surface area contributed by atoms with E-state index >= 15 is 0 Å². The number of hydrogen-bond acceptors (Lipinski definition) is 3. The molecule has 2 N–H and O–H groups in total. The molecule has 0 aromatic rings. The van der Waals surface area contributed by atoms with Crippen molar-refractivity contribution in [3.8, 4) is 0 Å². The van der Waals surface area contributed by atoms with Gasteiger partial charge in [-0.25, -0.2) is 0 Å². The van der Waals surface area contributed by atoms with Gasteiger partial charge in [0.05, 0.1) is 5.75 Å². The quantitative estimate of drug-likeness (QED) is 0.310. The molecule has 0 saturated heterocycles. The molecule has 0 saturated carbocycles. The first kappa shape index (κ1) is 20.1. The van der Waals surface area contributed by atoms with E-state index in [1.54, 1.807) is 0 Å². The molecule has 0 unspecified atom stereocenters. The molecule has 0 fully saturated rings. The van der Waals surface area contributed by atoms with Crippen molar-refractivity contribution in [2.24, 2.45) is 0 Å². The SMILES string of the molecule is CCCCCCCC/C=C/C(=O)NCCCCS(=O)(=O)O. The molecule has 0 bridgehead atoms. The molecule has 0 heterocycles. The van der Waals surface area contributed by atoms with Crippen molar-refractivity contribution in [3.05, 3.63) is 12.2 Å². The molecule has 0 spiro atoms. The van der Waals surface area contributed by atoms with Gasteiger partial charge in [-0.1, -0.05) is 45.1 Å². The molecule has 0 aliphatic heterocycles. The third-order valence-electron chi connectivity index (χ3n) is 3.12. The Kier molecular flexibility index (Phi) is 12.3. The maximum atomic E-state index is 11.4.